The van der Waals surface area contributed by atoms with Gasteiger partial charge in [-0.3, -0.25) is 4.98 Å². The maximum absolute atomic E-state index is 13.8. The molecule has 1 aliphatic carbocycles. The Morgan fingerprint density at radius 3 is 2.59 bits per heavy atom. The van der Waals surface area contributed by atoms with Gasteiger partial charge < -0.3 is 5.32 Å². The Bertz CT molecular complexity index is 1220. The molecular formula is C25H24ClFN4S. The van der Waals surface area contributed by atoms with Gasteiger partial charge in [0.15, 0.2) is 0 Å². The minimum Gasteiger partial charge on any atom is -0.357 e. The highest BCUT2D eigenvalue weighted by Gasteiger charge is 2.27. The molecule has 2 aromatic carbocycles. The number of nitrogens with one attached hydrogen (secondary N) is 1. The van der Waals surface area contributed by atoms with E-state index in [4.69, 9.17) is 11.6 Å². The summed E-state index contributed by atoms with van der Waals surface area (Å²) in [6.07, 6.45) is 6.29. The molecule has 32 heavy (non-hydrogen) atoms. The summed E-state index contributed by atoms with van der Waals surface area (Å²) in [7, 11) is 0. The Morgan fingerprint density at radius 1 is 1.03 bits per heavy atom. The molecular weight excluding hydrogens is 443 g/mol. The lowest BCUT2D eigenvalue weighted by atomic mass is 9.75. The number of hydrogen-bond acceptors (Lipinski definition) is 5. The van der Waals surface area contributed by atoms with Crippen molar-refractivity contribution in [2.45, 2.75) is 44.6 Å². The van der Waals surface area contributed by atoms with Crippen molar-refractivity contribution in [1.29, 1.82) is 0 Å². The van der Waals surface area contributed by atoms with Crippen molar-refractivity contribution in [3.05, 3.63) is 71.1 Å². The molecule has 164 valence electrons. The Labute approximate surface area is 195 Å². The van der Waals surface area contributed by atoms with E-state index >= 15 is 0 Å². The fraction of sp³-hybridized carbons (Fsp3) is 0.320. The largest absolute Gasteiger partial charge is 0.357 e. The number of hydrogen-bond donors (Lipinski definition) is 1. The van der Waals surface area contributed by atoms with Crippen molar-refractivity contribution in [2.75, 3.05) is 5.32 Å². The van der Waals surface area contributed by atoms with Crippen molar-refractivity contribution in [2.24, 2.45) is 5.92 Å². The number of rotatable bonds is 5. The minimum absolute atomic E-state index is 0.201. The monoisotopic (exact) mass is 466 g/mol. The van der Waals surface area contributed by atoms with Gasteiger partial charge in [0.25, 0.3) is 0 Å². The van der Waals surface area contributed by atoms with Crippen molar-refractivity contribution < 1.29 is 4.39 Å². The first-order valence-corrected chi connectivity index (χ1v) is 12.2. The first kappa shape index (κ1) is 21.3. The third-order valence-electron chi connectivity index (χ3n) is 6.52. The van der Waals surface area contributed by atoms with E-state index in [-0.39, 0.29) is 5.82 Å². The zero-order valence-corrected chi connectivity index (χ0v) is 19.3. The third kappa shape index (κ3) is 4.48. The maximum Gasteiger partial charge on any atom is 0.206 e. The van der Waals surface area contributed by atoms with E-state index in [1.165, 1.54) is 11.6 Å². The van der Waals surface area contributed by atoms with Gasteiger partial charge in [0.1, 0.15) is 10.8 Å². The van der Waals surface area contributed by atoms with Crippen LogP contribution in [0, 0.1) is 11.7 Å². The lowest BCUT2D eigenvalue weighted by molar-refractivity contribution is 0.302. The Morgan fingerprint density at radius 2 is 1.81 bits per heavy atom. The second-order valence-electron chi connectivity index (χ2n) is 8.53. The number of nitrogens with zero attached hydrogens (tertiary/aromatic N) is 3. The highest BCUT2D eigenvalue weighted by molar-refractivity contribution is 7.18. The molecule has 0 spiro atoms. The Balaban J connectivity index is 1.22. The highest BCUT2D eigenvalue weighted by atomic mass is 35.5. The molecule has 1 N–H and O–H groups in total. The standard InChI is InChI=1S/C25H24ClFN4S/c1-15(29-25-31-30-24(32-25)18-6-8-19(26)9-7-18)16-2-4-17(5-3-16)21-12-13-28-23-11-10-20(27)14-22(21)23/h6-17H,2-5H2,1H3,(H,29,31)/t15-,16-,17+/m1/s1. The summed E-state index contributed by atoms with van der Waals surface area (Å²) in [6, 6.07) is 14.9. The summed E-state index contributed by atoms with van der Waals surface area (Å²) >= 11 is 7.54. The molecule has 1 aliphatic rings. The van der Waals surface area contributed by atoms with Gasteiger partial charge in [0.2, 0.25) is 5.13 Å². The molecule has 1 atom stereocenters. The molecule has 0 aliphatic heterocycles. The van der Waals surface area contributed by atoms with Crippen LogP contribution in [-0.4, -0.2) is 21.2 Å². The second kappa shape index (κ2) is 9.12. The minimum atomic E-state index is -0.201. The molecule has 1 saturated carbocycles. The number of halogens is 2. The van der Waals surface area contributed by atoms with Crippen molar-refractivity contribution in [3.63, 3.8) is 0 Å². The predicted molar refractivity (Wildman–Crippen MR) is 130 cm³/mol. The van der Waals surface area contributed by atoms with Gasteiger partial charge in [0.05, 0.1) is 5.52 Å². The average Bonchev–Trinajstić information content (AvgIpc) is 3.27. The lowest BCUT2D eigenvalue weighted by Crippen LogP contribution is -2.29. The molecule has 0 unspecified atom stereocenters. The fourth-order valence-electron chi connectivity index (χ4n) is 4.73. The maximum atomic E-state index is 13.8. The zero-order valence-electron chi connectivity index (χ0n) is 17.8. The summed E-state index contributed by atoms with van der Waals surface area (Å²) in [4.78, 5) is 4.40. The molecule has 0 saturated heterocycles. The van der Waals surface area contributed by atoms with Gasteiger partial charge in [-0.2, -0.15) is 0 Å². The van der Waals surface area contributed by atoms with Crippen LogP contribution in [0.2, 0.25) is 5.02 Å². The van der Waals surface area contributed by atoms with Crippen LogP contribution in [0.4, 0.5) is 9.52 Å². The third-order valence-corrected chi connectivity index (χ3v) is 7.68. The second-order valence-corrected chi connectivity index (χ2v) is 9.94. The van der Waals surface area contributed by atoms with Crippen LogP contribution in [0.15, 0.2) is 54.7 Å². The normalized spacial score (nSPS) is 19.7. The fourth-order valence-corrected chi connectivity index (χ4v) is 5.70. The molecule has 2 aromatic heterocycles. The molecule has 4 aromatic rings. The van der Waals surface area contributed by atoms with Crippen molar-refractivity contribution in [1.82, 2.24) is 15.2 Å². The van der Waals surface area contributed by atoms with E-state index in [1.807, 2.05) is 30.5 Å². The number of aromatic nitrogens is 3. The highest BCUT2D eigenvalue weighted by Crippen LogP contribution is 2.40. The van der Waals surface area contributed by atoms with Crippen LogP contribution in [0.1, 0.15) is 44.1 Å². The van der Waals surface area contributed by atoms with Crippen molar-refractivity contribution >= 4 is 39.0 Å². The summed E-state index contributed by atoms with van der Waals surface area (Å²) in [5, 5.41) is 15.6. The van der Waals surface area contributed by atoms with E-state index in [9.17, 15) is 4.39 Å². The first-order valence-electron chi connectivity index (χ1n) is 11.0. The summed E-state index contributed by atoms with van der Waals surface area (Å²) < 4.78 is 13.8. The van der Waals surface area contributed by atoms with Crippen LogP contribution in [0.25, 0.3) is 21.5 Å². The predicted octanol–water partition coefficient (Wildman–Crippen LogP) is 7.32. The number of pyridine rings is 1. The number of anilines is 1. The molecule has 2 heterocycles. The molecule has 5 rings (SSSR count). The van der Waals surface area contributed by atoms with Crippen molar-refractivity contribution in [3.8, 4) is 10.6 Å². The van der Waals surface area contributed by atoms with Crippen LogP contribution in [0.5, 0.6) is 0 Å². The van der Waals surface area contributed by atoms with Gasteiger partial charge in [-0.25, -0.2) is 4.39 Å². The number of fused-ring (bicyclic) bond motifs is 1. The summed E-state index contributed by atoms with van der Waals surface area (Å²) in [5.41, 5.74) is 3.12. The van der Waals surface area contributed by atoms with E-state index in [2.05, 4.69) is 33.5 Å². The van der Waals surface area contributed by atoms with Crippen LogP contribution >= 0.6 is 22.9 Å². The van der Waals surface area contributed by atoms with Crippen LogP contribution in [-0.2, 0) is 0 Å². The Kier molecular flexibility index (Phi) is 6.07. The molecule has 1 fully saturated rings. The topological polar surface area (TPSA) is 50.7 Å². The Hall–Kier alpha value is -2.57. The molecule has 4 nitrogen and oxygen atoms in total. The van der Waals surface area contributed by atoms with Crippen LogP contribution in [0.3, 0.4) is 0 Å². The first-order chi connectivity index (χ1) is 15.6. The molecule has 0 bridgehead atoms. The van der Waals surface area contributed by atoms with E-state index < -0.39 is 0 Å². The smallest absolute Gasteiger partial charge is 0.206 e. The van der Waals surface area contributed by atoms with Gasteiger partial charge in [-0.05, 0) is 86.4 Å². The van der Waals surface area contributed by atoms with E-state index in [0.717, 1.165) is 52.3 Å². The quantitative estimate of drug-likeness (QED) is 0.334. The molecule has 7 heteroatoms. The zero-order chi connectivity index (χ0) is 22.1. The average molecular weight is 467 g/mol. The lowest BCUT2D eigenvalue weighted by Gasteiger charge is -2.33. The van der Waals surface area contributed by atoms with Gasteiger partial charge in [-0.1, -0.05) is 35.1 Å². The number of benzene rings is 2. The van der Waals surface area contributed by atoms with E-state index in [1.54, 1.807) is 23.5 Å². The summed E-state index contributed by atoms with van der Waals surface area (Å²) in [5.74, 6) is 0.816. The van der Waals surface area contributed by atoms with E-state index in [0.29, 0.717) is 22.9 Å². The van der Waals surface area contributed by atoms with Gasteiger partial charge in [-0.15, -0.1) is 10.2 Å². The molecule has 0 amide bonds. The van der Waals surface area contributed by atoms with Crippen LogP contribution < -0.4 is 5.32 Å². The molecule has 0 radical (unpaired) electrons. The van der Waals surface area contributed by atoms with Gasteiger partial charge in [0, 0.05) is 28.2 Å². The van der Waals surface area contributed by atoms with Gasteiger partial charge >= 0.3 is 0 Å². The SMILES string of the molecule is C[C@@H](Nc1nnc(-c2ccc(Cl)cc2)s1)[C@H]1CC[C@@H](c2ccnc3ccc(F)cc32)CC1. The summed E-state index contributed by atoms with van der Waals surface area (Å²) in [6.45, 7) is 2.23.